The smallest absolute Gasteiger partial charge is 0.152 e. The van der Waals surface area contributed by atoms with E-state index in [1.54, 1.807) is 72.8 Å². The molecule has 0 heterocycles. The first kappa shape index (κ1) is 27.9. The number of phenols is 2. The topological polar surface area (TPSA) is 132 Å². The number of aliphatic hydroxyl groups excluding tert-OH is 1. The largest absolute Gasteiger partial charge is 0.508 e. The average Bonchev–Trinajstić information content (AvgIpc) is 2.97. The van der Waals surface area contributed by atoms with Gasteiger partial charge < -0.3 is 40.3 Å². The Balaban J connectivity index is 1.92. The van der Waals surface area contributed by atoms with Crippen molar-refractivity contribution < 1.29 is 35.0 Å². The van der Waals surface area contributed by atoms with E-state index in [-0.39, 0.29) is 24.7 Å². The predicted molar refractivity (Wildman–Crippen MR) is 147 cm³/mol. The molecule has 2 atom stereocenters. The van der Waals surface area contributed by atoms with Crippen molar-refractivity contribution in [3.05, 3.63) is 119 Å². The highest BCUT2D eigenvalue weighted by Gasteiger charge is 2.54. The highest BCUT2D eigenvalue weighted by atomic mass is 16.5. The van der Waals surface area contributed by atoms with Crippen LogP contribution < -0.4 is 14.8 Å². The molecule has 0 spiro atoms. The molecule has 4 aromatic rings. The van der Waals surface area contributed by atoms with Crippen molar-refractivity contribution in [1.29, 1.82) is 0 Å². The van der Waals surface area contributed by atoms with Crippen molar-refractivity contribution in [3.8, 4) is 23.0 Å². The van der Waals surface area contributed by atoms with E-state index < -0.39 is 11.2 Å². The maximum Gasteiger partial charge on any atom is 0.152 e. The van der Waals surface area contributed by atoms with E-state index in [2.05, 4.69) is 5.32 Å². The summed E-state index contributed by atoms with van der Waals surface area (Å²) in [7, 11) is 1.83. The van der Waals surface area contributed by atoms with Gasteiger partial charge >= 0.3 is 0 Å². The Kier molecular flexibility index (Phi) is 8.73. The molecule has 0 aliphatic heterocycles. The van der Waals surface area contributed by atoms with Crippen molar-refractivity contribution >= 4 is 0 Å². The van der Waals surface area contributed by atoms with E-state index in [0.29, 0.717) is 46.9 Å². The molecule has 0 aromatic heterocycles. The Bertz CT molecular complexity index is 1330. The highest BCUT2D eigenvalue weighted by molar-refractivity contribution is 5.53. The number of likely N-dealkylation sites (N-methyl/N-ethyl adjacent to an activating group) is 1. The second-order valence-corrected chi connectivity index (χ2v) is 9.09. The van der Waals surface area contributed by atoms with Crippen molar-refractivity contribution in [2.75, 3.05) is 33.4 Å². The molecule has 4 rings (SSSR count). The van der Waals surface area contributed by atoms with E-state index in [1.165, 1.54) is 24.3 Å². The van der Waals surface area contributed by atoms with Crippen LogP contribution in [0.3, 0.4) is 0 Å². The lowest BCUT2D eigenvalue weighted by Gasteiger charge is -2.45. The van der Waals surface area contributed by atoms with Gasteiger partial charge in [0.25, 0.3) is 0 Å². The first-order valence-corrected chi connectivity index (χ1v) is 12.6. The number of ether oxygens (including phenoxy) is 2. The molecule has 0 saturated carbocycles. The molecule has 0 saturated heterocycles. The summed E-state index contributed by atoms with van der Waals surface area (Å²) in [5, 5.41) is 57.5. The minimum Gasteiger partial charge on any atom is -0.508 e. The van der Waals surface area contributed by atoms with Gasteiger partial charge in [-0.05, 0) is 77.8 Å². The van der Waals surface area contributed by atoms with Gasteiger partial charge in [0.1, 0.15) is 36.2 Å². The first-order valence-electron chi connectivity index (χ1n) is 12.6. The van der Waals surface area contributed by atoms with E-state index in [4.69, 9.17) is 14.6 Å². The van der Waals surface area contributed by atoms with Crippen molar-refractivity contribution in [3.63, 3.8) is 0 Å². The third-order valence-electron chi connectivity index (χ3n) is 6.62. The van der Waals surface area contributed by atoms with Gasteiger partial charge in [-0.25, -0.2) is 0 Å². The zero-order valence-electron chi connectivity index (χ0n) is 21.6. The van der Waals surface area contributed by atoms with Crippen molar-refractivity contribution in [1.82, 2.24) is 5.32 Å². The molecule has 0 fully saturated rings. The Morgan fingerprint density at radius 2 is 0.897 bits per heavy atom. The lowest BCUT2D eigenvalue weighted by Crippen LogP contribution is -2.51. The fourth-order valence-electron chi connectivity index (χ4n) is 4.59. The van der Waals surface area contributed by atoms with Crippen LogP contribution in [0, 0.1) is 0 Å². The van der Waals surface area contributed by atoms with Crippen LogP contribution in [0.4, 0.5) is 0 Å². The van der Waals surface area contributed by atoms with Gasteiger partial charge in [-0.1, -0.05) is 48.5 Å². The number of aliphatic hydroxyl groups is 3. The summed E-state index contributed by atoms with van der Waals surface area (Å²) in [6.45, 7) is 1.09. The third kappa shape index (κ3) is 5.69. The van der Waals surface area contributed by atoms with Crippen LogP contribution in [0.2, 0.25) is 0 Å². The number of aromatic hydroxyl groups is 2. The molecule has 0 aliphatic carbocycles. The molecule has 0 aliphatic rings. The highest BCUT2D eigenvalue weighted by Crippen LogP contribution is 2.50. The van der Waals surface area contributed by atoms with Gasteiger partial charge in [0.15, 0.2) is 11.2 Å². The van der Waals surface area contributed by atoms with Gasteiger partial charge in [0.2, 0.25) is 0 Å². The third-order valence-corrected chi connectivity index (χ3v) is 6.62. The zero-order chi connectivity index (χ0) is 27.9. The molecule has 8 heteroatoms. The standard InChI is InChI=1S/C31H33NO7/c1-32-18-20-38-28-14-6-24(7-15-28)30(36,22-2-10-26(34)11-3-22)31(37,23-4-12-27(35)13-5-23)25-8-16-29(17-9-25)39-21-19-33/h2-17,32-37H,18-21H2,1H3/t30-,31+/m1/s1. The lowest BCUT2D eigenvalue weighted by molar-refractivity contribution is -0.113. The molecule has 0 bridgehead atoms. The molecule has 6 N–H and O–H groups in total. The summed E-state index contributed by atoms with van der Waals surface area (Å²) in [4.78, 5) is 0. The van der Waals surface area contributed by atoms with Crippen LogP contribution in [0.1, 0.15) is 22.3 Å². The van der Waals surface area contributed by atoms with E-state index >= 15 is 0 Å². The fourth-order valence-corrected chi connectivity index (χ4v) is 4.59. The summed E-state index contributed by atoms with van der Waals surface area (Å²) in [5.74, 6) is 1.09. The lowest BCUT2D eigenvalue weighted by atomic mass is 9.66. The number of nitrogens with one attached hydrogen (secondary N) is 1. The summed E-state index contributed by atoms with van der Waals surface area (Å²) >= 11 is 0. The van der Waals surface area contributed by atoms with Crippen LogP contribution in [0.15, 0.2) is 97.1 Å². The Labute approximate surface area is 227 Å². The monoisotopic (exact) mass is 531 g/mol. The molecule has 0 unspecified atom stereocenters. The molecular weight excluding hydrogens is 498 g/mol. The molecule has 8 nitrogen and oxygen atoms in total. The normalized spacial score (nSPS) is 14.3. The Morgan fingerprint density at radius 1 is 0.564 bits per heavy atom. The zero-order valence-corrected chi connectivity index (χ0v) is 21.6. The van der Waals surface area contributed by atoms with Crippen LogP contribution >= 0.6 is 0 Å². The molecule has 0 amide bonds. The molecule has 4 aromatic carbocycles. The number of rotatable bonds is 12. The molecule has 204 valence electrons. The average molecular weight is 532 g/mol. The second kappa shape index (κ2) is 12.2. The second-order valence-electron chi connectivity index (χ2n) is 9.09. The Hall–Kier alpha value is -4.08. The quantitative estimate of drug-likeness (QED) is 0.154. The van der Waals surface area contributed by atoms with E-state index in [0.717, 1.165) is 0 Å². The minimum absolute atomic E-state index is 0.00472. The molecular formula is C31H33NO7. The summed E-state index contributed by atoms with van der Waals surface area (Å²) in [6.07, 6.45) is 0. The van der Waals surface area contributed by atoms with Crippen LogP contribution in [-0.4, -0.2) is 58.9 Å². The molecule has 0 radical (unpaired) electrons. The van der Waals surface area contributed by atoms with Crippen molar-refractivity contribution in [2.24, 2.45) is 0 Å². The fraction of sp³-hybridized carbons (Fsp3) is 0.226. The van der Waals surface area contributed by atoms with Gasteiger partial charge in [-0.3, -0.25) is 0 Å². The maximum absolute atomic E-state index is 12.7. The van der Waals surface area contributed by atoms with E-state index in [1.807, 2.05) is 7.05 Å². The number of phenolic OH excluding ortho intramolecular Hbond substituents is 2. The predicted octanol–water partition coefficient (Wildman–Crippen LogP) is 3.24. The minimum atomic E-state index is -2.08. The Morgan fingerprint density at radius 3 is 1.23 bits per heavy atom. The van der Waals surface area contributed by atoms with Gasteiger partial charge in [0, 0.05) is 6.54 Å². The van der Waals surface area contributed by atoms with Crippen LogP contribution in [-0.2, 0) is 11.2 Å². The summed E-state index contributed by atoms with van der Waals surface area (Å²) < 4.78 is 11.2. The number of hydrogen-bond donors (Lipinski definition) is 6. The van der Waals surface area contributed by atoms with Crippen LogP contribution in [0.5, 0.6) is 23.0 Å². The van der Waals surface area contributed by atoms with E-state index in [9.17, 15) is 20.4 Å². The molecule has 39 heavy (non-hydrogen) atoms. The summed E-state index contributed by atoms with van der Waals surface area (Å²) in [5.41, 5.74) is -2.81. The van der Waals surface area contributed by atoms with Gasteiger partial charge in [-0.15, -0.1) is 0 Å². The SMILES string of the molecule is CNCCOc1ccc([C@](O)(c2ccc(O)cc2)[C@](O)(c2ccc(O)cc2)c2ccc(OCCO)cc2)cc1. The van der Waals surface area contributed by atoms with Gasteiger partial charge in [-0.2, -0.15) is 0 Å². The number of hydrogen-bond acceptors (Lipinski definition) is 8. The maximum atomic E-state index is 12.7. The first-order chi connectivity index (χ1) is 18.8. The van der Waals surface area contributed by atoms with Gasteiger partial charge in [0.05, 0.1) is 6.61 Å². The van der Waals surface area contributed by atoms with Crippen LogP contribution in [0.25, 0.3) is 0 Å². The summed E-state index contributed by atoms with van der Waals surface area (Å²) in [6, 6.07) is 25.3. The number of benzene rings is 4. The van der Waals surface area contributed by atoms with Crippen molar-refractivity contribution in [2.45, 2.75) is 11.2 Å².